The van der Waals surface area contributed by atoms with Gasteiger partial charge in [-0.15, -0.1) is 0 Å². The highest BCUT2D eigenvalue weighted by molar-refractivity contribution is 7.88. The van der Waals surface area contributed by atoms with E-state index in [1.54, 1.807) is 0 Å². The van der Waals surface area contributed by atoms with Crippen molar-refractivity contribution in [1.29, 1.82) is 0 Å². The molecule has 3 atom stereocenters. The molecular formula is C15H29N3O3S. The molecule has 2 heterocycles. The Morgan fingerprint density at radius 1 is 1.18 bits per heavy atom. The minimum atomic E-state index is -3.21. The van der Waals surface area contributed by atoms with Crippen LogP contribution >= 0.6 is 0 Å². The van der Waals surface area contributed by atoms with Crippen LogP contribution < -0.4 is 0 Å². The van der Waals surface area contributed by atoms with E-state index in [0.717, 1.165) is 32.4 Å². The number of amides is 1. The van der Waals surface area contributed by atoms with Gasteiger partial charge in [-0.05, 0) is 38.8 Å². The smallest absolute Gasteiger partial charge is 0.227 e. The lowest BCUT2D eigenvalue weighted by Gasteiger charge is -2.42. The largest absolute Gasteiger partial charge is 0.342 e. The van der Waals surface area contributed by atoms with Crippen LogP contribution in [0.25, 0.3) is 0 Å². The van der Waals surface area contributed by atoms with Crippen LogP contribution in [0, 0.1) is 11.8 Å². The van der Waals surface area contributed by atoms with Crippen molar-refractivity contribution in [2.75, 3.05) is 46.5 Å². The van der Waals surface area contributed by atoms with Gasteiger partial charge in [0.25, 0.3) is 0 Å². The first kappa shape index (κ1) is 17.7. The predicted octanol–water partition coefficient (Wildman–Crippen LogP) is 0.457. The van der Waals surface area contributed by atoms with Gasteiger partial charge in [0, 0.05) is 32.7 Å². The standard InChI is InChI=1S/C15H29N3O3S/c1-12-10-16(2)9-7-14(12)17(3)15(19)13-6-5-8-18(11-13)22(4,20)21/h12-14H,5-11H2,1-4H3/t12-,13-,14-/m1/s1. The molecule has 2 saturated heterocycles. The highest BCUT2D eigenvalue weighted by Gasteiger charge is 2.36. The Morgan fingerprint density at radius 3 is 2.45 bits per heavy atom. The Balaban J connectivity index is 2.01. The van der Waals surface area contributed by atoms with Crippen molar-refractivity contribution in [2.24, 2.45) is 11.8 Å². The minimum absolute atomic E-state index is 0.106. The molecule has 128 valence electrons. The summed E-state index contributed by atoms with van der Waals surface area (Å²) in [6.45, 7) is 5.07. The molecule has 1 amide bonds. The highest BCUT2D eigenvalue weighted by atomic mass is 32.2. The van der Waals surface area contributed by atoms with Crippen molar-refractivity contribution in [2.45, 2.75) is 32.2 Å². The fourth-order valence-corrected chi connectivity index (χ4v) is 4.73. The Bertz CT molecular complexity index is 508. The molecule has 0 unspecified atom stereocenters. The first-order valence-electron chi connectivity index (χ1n) is 8.10. The lowest BCUT2D eigenvalue weighted by molar-refractivity contribution is -0.139. The Kier molecular flexibility index (Phi) is 5.50. The maximum atomic E-state index is 12.8. The zero-order chi connectivity index (χ0) is 16.5. The zero-order valence-corrected chi connectivity index (χ0v) is 15.0. The third-order valence-corrected chi connectivity index (χ3v) is 6.38. The molecule has 2 rings (SSSR count). The molecule has 22 heavy (non-hydrogen) atoms. The van der Waals surface area contributed by atoms with Gasteiger partial charge in [-0.3, -0.25) is 4.79 Å². The van der Waals surface area contributed by atoms with Gasteiger partial charge >= 0.3 is 0 Å². The van der Waals surface area contributed by atoms with E-state index in [9.17, 15) is 13.2 Å². The molecular weight excluding hydrogens is 302 g/mol. The van der Waals surface area contributed by atoms with Crippen molar-refractivity contribution in [3.63, 3.8) is 0 Å². The van der Waals surface area contributed by atoms with Crippen molar-refractivity contribution >= 4 is 15.9 Å². The van der Waals surface area contributed by atoms with E-state index in [0.29, 0.717) is 19.0 Å². The third kappa shape index (κ3) is 4.00. The van der Waals surface area contributed by atoms with E-state index in [4.69, 9.17) is 0 Å². The average Bonchev–Trinajstić information content (AvgIpc) is 2.45. The van der Waals surface area contributed by atoms with E-state index < -0.39 is 10.0 Å². The summed E-state index contributed by atoms with van der Waals surface area (Å²) in [6, 6.07) is 0.261. The molecule has 0 saturated carbocycles. The van der Waals surface area contributed by atoms with E-state index >= 15 is 0 Å². The highest BCUT2D eigenvalue weighted by Crippen LogP contribution is 2.25. The number of likely N-dealkylation sites (tertiary alicyclic amines) is 1. The summed E-state index contributed by atoms with van der Waals surface area (Å²) in [5, 5.41) is 0. The molecule has 0 N–H and O–H groups in total. The summed E-state index contributed by atoms with van der Waals surface area (Å²) in [5.74, 6) is 0.359. The van der Waals surface area contributed by atoms with Crippen LogP contribution in [-0.2, 0) is 14.8 Å². The van der Waals surface area contributed by atoms with Crippen LogP contribution in [0.2, 0.25) is 0 Å². The molecule has 0 aromatic heterocycles. The maximum Gasteiger partial charge on any atom is 0.227 e. The van der Waals surface area contributed by atoms with Crippen molar-refractivity contribution in [1.82, 2.24) is 14.1 Å². The summed E-state index contributed by atoms with van der Waals surface area (Å²) in [7, 11) is 0.789. The molecule has 0 bridgehead atoms. The molecule has 0 aromatic rings. The number of sulfonamides is 1. The number of piperidine rings is 2. The molecule has 7 heteroatoms. The molecule has 0 spiro atoms. The molecule has 2 fully saturated rings. The third-order valence-electron chi connectivity index (χ3n) is 5.11. The summed E-state index contributed by atoms with van der Waals surface area (Å²) in [4.78, 5) is 17.0. The number of nitrogens with zero attached hydrogens (tertiary/aromatic N) is 3. The molecule has 6 nitrogen and oxygen atoms in total. The summed E-state index contributed by atoms with van der Waals surface area (Å²) in [6.07, 6.45) is 3.77. The lowest BCUT2D eigenvalue weighted by Crippen LogP contribution is -2.53. The van der Waals surface area contributed by atoms with E-state index in [2.05, 4.69) is 18.9 Å². The summed E-state index contributed by atoms with van der Waals surface area (Å²) >= 11 is 0. The van der Waals surface area contributed by atoms with Crippen LogP contribution in [0.1, 0.15) is 26.2 Å². The average molecular weight is 331 g/mol. The first-order chi connectivity index (χ1) is 10.2. The molecule has 0 aliphatic carbocycles. The molecule has 0 radical (unpaired) electrons. The number of carbonyl (C=O) groups is 1. The van der Waals surface area contributed by atoms with E-state index in [1.807, 2.05) is 11.9 Å². The predicted molar refractivity (Wildman–Crippen MR) is 87.0 cm³/mol. The fraction of sp³-hybridized carbons (Fsp3) is 0.933. The lowest BCUT2D eigenvalue weighted by atomic mass is 9.91. The summed E-state index contributed by atoms with van der Waals surface area (Å²) < 4.78 is 24.9. The van der Waals surface area contributed by atoms with Gasteiger partial charge in [0.05, 0.1) is 12.2 Å². The second-order valence-corrected chi connectivity index (χ2v) is 8.99. The summed E-state index contributed by atoms with van der Waals surface area (Å²) in [5.41, 5.74) is 0. The Labute approximate surface area is 134 Å². The van der Waals surface area contributed by atoms with E-state index in [-0.39, 0.29) is 17.9 Å². The van der Waals surface area contributed by atoms with Gasteiger partial charge in [0.2, 0.25) is 15.9 Å². The number of hydrogen-bond donors (Lipinski definition) is 0. The van der Waals surface area contributed by atoms with Gasteiger partial charge in [-0.25, -0.2) is 12.7 Å². The second-order valence-electron chi connectivity index (χ2n) is 7.00. The van der Waals surface area contributed by atoms with Gasteiger partial charge in [0.15, 0.2) is 0 Å². The monoisotopic (exact) mass is 331 g/mol. The fourth-order valence-electron chi connectivity index (χ4n) is 3.81. The van der Waals surface area contributed by atoms with Gasteiger partial charge < -0.3 is 9.80 Å². The maximum absolute atomic E-state index is 12.8. The number of hydrogen-bond acceptors (Lipinski definition) is 4. The zero-order valence-electron chi connectivity index (χ0n) is 14.2. The number of carbonyl (C=O) groups excluding carboxylic acids is 1. The van der Waals surface area contributed by atoms with Crippen LogP contribution in [0.5, 0.6) is 0 Å². The van der Waals surface area contributed by atoms with Crippen molar-refractivity contribution in [3.05, 3.63) is 0 Å². The van der Waals surface area contributed by atoms with Crippen LogP contribution in [0.4, 0.5) is 0 Å². The molecule has 2 aliphatic rings. The quantitative estimate of drug-likeness (QED) is 0.754. The normalized spacial score (nSPS) is 31.9. The second kappa shape index (κ2) is 6.84. The van der Waals surface area contributed by atoms with Gasteiger partial charge in [-0.1, -0.05) is 6.92 Å². The van der Waals surface area contributed by atoms with Gasteiger partial charge in [-0.2, -0.15) is 0 Å². The first-order valence-corrected chi connectivity index (χ1v) is 9.95. The van der Waals surface area contributed by atoms with Crippen LogP contribution in [0.3, 0.4) is 0 Å². The molecule has 0 aromatic carbocycles. The van der Waals surface area contributed by atoms with Crippen LogP contribution in [-0.4, -0.2) is 81.0 Å². The van der Waals surface area contributed by atoms with Crippen molar-refractivity contribution < 1.29 is 13.2 Å². The van der Waals surface area contributed by atoms with Gasteiger partial charge in [0.1, 0.15) is 0 Å². The van der Waals surface area contributed by atoms with Crippen LogP contribution in [0.15, 0.2) is 0 Å². The molecule has 2 aliphatic heterocycles. The Hall–Kier alpha value is -0.660. The Morgan fingerprint density at radius 2 is 1.86 bits per heavy atom. The SMILES string of the molecule is C[C@@H]1CN(C)CC[C@H]1N(C)C(=O)[C@@H]1CCCN(S(C)(=O)=O)C1. The number of rotatable bonds is 3. The van der Waals surface area contributed by atoms with Crippen molar-refractivity contribution in [3.8, 4) is 0 Å². The topological polar surface area (TPSA) is 60.9 Å². The minimum Gasteiger partial charge on any atom is -0.342 e. The van der Waals surface area contributed by atoms with E-state index in [1.165, 1.54) is 10.6 Å².